The quantitative estimate of drug-likeness (QED) is 0.828. The van der Waals surface area contributed by atoms with E-state index in [-0.39, 0.29) is 21.5 Å². The second kappa shape index (κ2) is 5.17. The van der Waals surface area contributed by atoms with Crippen molar-refractivity contribution >= 4 is 34.9 Å². The summed E-state index contributed by atoms with van der Waals surface area (Å²) in [5, 5.41) is 6.30. The molecule has 0 spiro atoms. The minimum atomic E-state index is -4.53. The molecule has 2 heterocycles. The van der Waals surface area contributed by atoms with Crippen LogP contribution in [0.3, 0.4) is 0 Å². The molecule has 1 aliphatic heterocycles. The summed E-state index contributed by atoms with van der Waals surface area (Å²) in [5.41, 5.74) is -0.370. The summed E-state index contributed by atoms with van der Waals surface area (Å²) in [6.45, 7) is 0.553. The van der Waals surface area contributed by atoms with Crippen molar-refractivity contribution in [3.8, 4) is 11.3 Å². The Balaban J connectivity index is 2.00. The highest BCUT2D eigenvalue weighted by atomic mass is 35.5. The summed E-state index contributed by atoms with van der Waals surface area (Å²) in [6, 6.07) is 3.13. The molecule has 1 aromatic heterocycles. The first-order valence-electron chi connectivity index (χ1n) is 6.20. The van der Waals surface area contributed by atoms with E-state index in [0.29, 0.717) is 24.5 Å². The second-order valence-corrected chi connectivity index (χ2v) is 5.56. The minimum absolute atomic E-state index is 0.0670. The van der Waals surface area contributed by atoms with E-state index in [0.717, 1.165) is 12.1 Å². The number of amides is 1. The molecule has 3 rings (SSSR count). The standard InChI is InChI=1S/C13H8Cl2F3N3O/c14-7-3-6(13(16,17)18)4-8(15)12(7)9-5-10(20-19-9)21-2-1-11(21)22/h3-5H,1-2H2,(H,19,20). The maximum atomic E-state index is 12.7. The minimum Gasteiger partial charge on any atom is -0.295 e. The van der Waals surface area contributed by atoms with Gasteiger partial charge in [-0.1, -0.05) is 23.2 Å². The molecule has 1 aromatic carbocycles. The lowest BCUT2D eigenvalue weighted by atomic mass is 10.1. The number of alkyl halides is 3. The SMILES string of the molecule is O=C1CCN1c1cc(-c2c(Cl)cc(C(F)(F)F)cc2Cl)[nH]n1. The first-order valence-corrected chi connectivity index (χ1v) is 6.95. The van der Waals surface area contributed by atoms with E-state index in [1.165, 1.54) is 11.0 Å². The lowest BCUT2D eigenvalue weighted by Gasteiger charge is -2.27. The number of carbonyl (C=O) groups excluding carboxylic acids is 1. The Labute approximate surface area is 132 Å². The molecular formula is C13H8Cl2F3N3O. The van der Waals surface area contributed by atoms with Gasteiger partial charge in [0, 0.05) is 24.6 Å². The van der Waals surface area contributed by atoms with E-state index in [9.17, 15) is 18.0 Å². The number of aromatic amines is 1. The zero-order chi connectivity index (χ0) is 16.1. The van der Waals surface area contributed by atoms with Gasteiger partial charge in [-0.2, -0.15) is 18.3 Å². The van der Waals surface area contributed by atoms with Crippen LogP contribution in [-0.4, -0.2) is 22.6 Å². The number of anilines is 1. The molecular weight excluding hydrogens is 342 g/mol. The zero-order valence-electron chi connectivity index (χ0n) is 10.8. The third-order valence-corrected chi connectivity index (χ3v) is 3.93. The first-order chi connectivity index (χ1) is 10.3. The van der Waals surface area contributed by atoms with Gasteiger partial charge < -0.3 is 0 Å². The molecule has 22 heavy (non-hydrogen) atoms. The number of benzene rings is 1. The fourth-order valence-corrected chi connectivity index (χ4v) is 2.82. The third kappa shape index (κ3) is 2.55. The number of hydrogen-bond acceptors (Lipinski definition) is 2. The van der Waals surface area contributed by atoms with Crippen LogP contribution in [0.1, 0.15) is 12.0 Å². The van der Waals surface area contributed by atoms with Crippen molar-refractivity contribution < 1.29 is 18.0 Å². The molecule has 4 nitrogen and oxygen atoms in total. The molecule has 0 radical (unpaired) electrons. The van der Waals surface area contributed by atoms with Crippen LogP contribution in [0.5, 0.6) is 0 Å². The van der Waals surface area contributed by atoms with Crippen molar-refractivity contribution in [3.63, 3.8) is 0 Å². The number of rotatable bonds is 2. The highest BCUT2D eigenvalue weighted by molar-refractivity contribution is 6.39. The van der Waals surface area contributed by atoms with Gasteiger partial charge in [0.1, 0.15) is 0 Å². The lowest BCUT2D eigenvalue weighted by Crippen LogP contribution is -2.43. The normalized spacial score (nSPS) is 15.1. The van der Waals surface area contributed by atoms with E-state index in [2.05, 4.69) is 10.2 Å². The Morgan fingerprint density at radius 1 is 1.18 bits per heavy atom. The summed E-state index contributed by atoms with van der Waals surface area (Å²) in [5.74, 6) is 0.320. The molecule has 0 bridgehead atoms. The van der Waals surface area contributed by atoms with Crippen LogP contribution >= 0.6 is 23.2 Å². The van der Waals surface area contributed by atoms with Gasteiger partial charge in [0.05, 0.1) is 21.3 Å². The summed E-state index contributed by atoms with van der Waals surface area (Å²) in [7, 11) is 0. The monoisotopic (exact) mass is 349 g/mol. The van der Waals surface area contributed by atoms with E-state index in [4.69, 9.17) is 23.2 Å². The lowest BCUT2D eigenvalue weighted by molar-refractivity contribution is -0.137. The van der Waals surface area contributed by atoms with Crippen LogP contribution in [0.4, 0.5) is 19.0 Å². The highest BCUT2D eigenvalue weighted by Gasteiger charge is 2.33. The molecule has 1 amide bonds. The maximum Gasteiger partial charge on any atom is 0.416 e. The van der Waals surface area contributed by atoms with Gasteiger partial charge >= 0.3 is 6.18 Å². The maximum absolute atomic E-state index is 12.7. The van der Waals surface area contributed by atoms with E-state index in [1.807, 2.05) is 0 Å². The van der Waals surface area contributed by atoms with Gasteiger partial charge in [-0.15, -0.1) is 0 Å². The van der Waals surface area contributed by atoms with E-state index < -0.39 is 11.7 Å². The van der Waals surface area contributed by atoms with Gasteiger partial charge in [0.2, 0.25) is 5.91 Å². The number of aromatic nitrogens is 2. The number of β-lactam (4-membered cyclic amide) rings is 1. The smallest absolute Gasteiger partial charge is 0.295 e. The van der Waals surface area contributed by atoms with Crippen molar-refractivity contribution in [1.29, 1.82) is 0 Å². The molecule has 0 saturated carbocycles. The van der Waals surface area contributed by atoms with Crippen molar-refractivity contribution in [2.24, 2.45) is 0 Å². The van der Waals surface area contributed by atoms with Crippen molar-refractivity contribution in [2.75, 3.05) is 11.4 Å². The van der Waals surface area contributed by atoms with Gasteiger partial charge in [-0.25, -0.2) is 0 Å². The highest BCUT2D eigenvalue weighted by Crippen LogP contribution is 2.40. The molecule has 2 aromatic rings. The molecule has 116 valence electrons. The van der Waals surface area contributed by atoms with E-state index in [1.54, 1.807) is 0 Å². The molecule has 1 aliphatic rings. The summed E-state index contributed by atoms with van der Waals surface area (Å²) in [4.78, 5) is 12.8. The number of hydrogen-bond donors (Lipinski definition) is 1. The zero-order valence-corrected chi connectivity index (χ0v) is 12.4. The van der Waals surface area contributed by atoms with Gasteiger partial charge in [-0.3, -0.25) is 14.8 Å². The van der Waals surface area contributed by atoms with Crippen LogP contribution < -0.4 is 4.90 Å². The summed E-state index contributed by atoms with van der Waals surface area (Å²) >= 11 is 11.9. The van der Waals surface area contributed by atoms with Gasteiger partial charge in [0.15, 0.2) is 5.82 Å². The van der Waals surface area contributed by atoms with Crippen LogP contribution in [0.2, 0.25) is 10.0 Å². The predicted octanol–water partition coefficient (Wildman–Crippen LogP) is 4.14. The average Bonchev–Trinajstić information content (AvgIpc) is 2.84. The second-order valence-electron chi connectivity index (χ2n) is 4.75. The number of nitrogens with one attached hydrogen (secondary N) is 1. The molecule has 0 unspecified atom stereocenters. The fraction of sp³-hybridized carbons (Fsp3) is 0.231. The van der Waals surface area contributed by atoms with Gasteiger partial charge in [0.25, 0.3) is 0 Å². The van der Waals surface area contributed by atoms with Crippen molar-refractivity contribution in [1.82, 2.24) is 10.2 Å². The first kappa shape index (κ1) is 15.2. The van der Waals surface area contributed by atoms with Gasteiger partial charge in [-0.05, 0) is 12.1 Å². The Hall–Kier alpha value is -1.73. The molecule has 0 aliphatic carbocycles. The number of H-pyrrole nitrogens is 1. The Morgan fingerprint density at radius 2 is 1.82 bits per heavy atom. The van der Waals surface area contributed by atoms with Crippen LogP contribution in [-0.2, 0) is 11.0 Å². The summed E-state index contributed by atoms with van der Waals surface area (Å²) in [6.07, 6.45) is -4.08. The summed E-state index contributed by atoms with van der Waals surface area (Å²) < 4.78 is 38.1. The van der Waals surface area contributed by atoms with E-state index >= 15 is 0 Å². The number of carbonyl (C=O) groups is 1. The predicted molar refractivity (Wildman–Crippen MR) is 76.0 cm³/mol. The number of halogens is 5. The fourth-order valence-electron chi connectivity index (χ4n) is 2.13. The van der Waals surface area contributed by atoms with Crippen LogP contribution in [0, 0.1) is 0 Å². The Kier molecular flexibility index (Phi) is 3.57. The molecule has 9 heteroatoms. The molecule has 0 atom stereocenters. The largest absolute Gasteiger partial charge is 0.416 e. The Bertz CT molecular complexity index is 734. The molecule has 1 N–H and O–H groups in total. The van der Waals surface area contributed by atoms with Crippen LogP contribution in [0.25, 0.3) is 11.3 Å². The Morgan fingerprint density at radius 3 is 2.27 bits per heavy atom. The topological polar surface area (TPSA) is 49.0 Å². The van der Waals surface area contributed by atoms with Crippen molar-refractivity contribution in [2.45, 2.75) is 12.6 Å². The molecule has 1 fully saturated rings. The molecule has 1 saturated heterocycles. The third-order valence-electron chi connectivity index (χ3n) is 3.33. The number of nitrogens with zero attached hydrogens (tertiary/aromatic N) is 2. The average molecular weight is 350 g/mol. The van der Waals surface area contributed by atoms with Crippen molar-refractivity contribution in [3.05, 3.63) is 33.8 Å². The van der Waals surface area contributed by atoms with Crippen LogP contribution in [0.15, 0.2) is 18.2 Å².